The van der Waals surface area contributed by atoms with Gasteiger partial charge in [0.2, 0.25) is 0 Å². The molecule has 0 aliphatic carbocycles. The molecule has 106 valence electrons. The SMILES string of the molecule is CCC(N)Cc1ccc(Cl)cc1N1CC(C)CC1C. The van der Waals surface area contributed by atoms with Crippen molar-refractivity contribution in [3.63, 3.8) is 0 Å². The molecule has 1 fully saturated rings. The molecule has 0 amide bonds. The molecule has 3 unspecified atom stereocenters. The van der Waals surface area contributed by atoms with Crippen molar-refractivity contribution in [2.24, 2.45) is 11.7 Å². The third kappa shape index (κ3) is 3.43. The largest absolute Gasteiger partial charge is 0.368 e. The van der Waals surface area contributed by atoms with Gasteiger partial charge in [-0.3, -0.25) is 0 Å². The molecule has 0 bridgehead atoms. The number of nitrogens with zero attached hydrogens (tertiary/aromatic N) is 1. The normalized spacial score (nSPS) is 24.8. The van der Waals surface area contributed by atoms with E-state index in [-0.39, 0.29) is 6.04 Å². The minimum absolute atomic E-state index is 0.232. The van der Waals surface area contributed by atoms with Gasteiger partial charge in [-0.2, -0.15) is 0 Å². The van der Waals surface area contributed by atoms with Gasteiger partial charge in [-0.1, -0.05) is 31.5 Å². The summed E-state index contributed by atoms with van der Waals surface area (Å²) in [5, 5.41) is 0.815. The van der Waals surface area contributed by atoms with Crippen molar-refractivity contribution in [1.82, 2.24) is 0 Å². The fourth-order valence-electron chi connectivity index (χ4n) is 3.04. The first-order valence-electron chi connectivity index (χ1n) is 7.31. The molecular weight excluding hydrogens is 256 g/mol. The molecular formula is C16H25ClN2. The molecule has 1 aliphatic rings. The maximum Gasteiger partial charge on any atom is 0.0426 e. The average molecular weight is 281 g/mol. The Bertz CT molecular complexity index is 433. The highest BCUT2D eigenvalue weighted by molar-refractivity contribution is 6.30. The summed E-state index contributed by atoms with van der Waals surface area (Å²) in [4.78, 5) is 2.49. The minimum atomic E-state index is 0.232. The van der Waals surface area contributed by atoms with E-state index in [1.807, 2.05) is 6.07 Å². The molecule has 1 aromatic rings. The zero-order chi connectivity index (χ0) is 14.0. The van der Waals surface area contributed by atoms with E-state index in [0.717, 1.165) is 30.3 Å². The second-order valence-corrected chi connectivity index (χ2v) is 6.42. The van der Waals surface area contributed by atoms with Crippen LogP contribution in [0.3, 0.4) is 0 Å². The van der Waals surface area contributed by atoms with Gasteiger partial charge < -0.3 is 10.6 Å². The fraction of sp³-hybridized carbons (Fsp3) is 0.625. The highest BCUT2D eigenvalue weighted by atomic mass is 35.5. The third-order valence-corrected chi connectivity index (χ3v) is 4.38. The molecule has 3 heteroatoms. The highest BCUT2D eigenvalue weighted by Crippen LogP contribution is 2.33. The van der Waals surface area contributed by atoms with Crippen LogP contribution in [0.25, 0.3) is 0 Å². The summed E-state index contributed by atoms with van der Waals surface area (Å²) in [5.41, 5.74) is 8.74. The lowest BCUT2D eigenvalue weighted by molar-refractivity contribution is 0.624. The number of halogens is 1. The van der Waals surface area contributed by atoms with Gasteiger partial charge in [-0.05, 0) is 49.8 Å². The standard InChI is InChI=1S/C16H25ClN2/c1-4-15(18)8-13-5-6-14(17)9-16(13)19-10-11(2)7-12(19)3/h5-6,9,11-12,15H,4,7-8,10,18H2,1-3H3. The average Bonchev–Trinajstić information content (AvgIpc) is 2.70. The lowest BCUT2D eigenvalue weighted by Crippen LogP contribution is -2.29. The van der Waals surface area contributed by atoms with Gasteiger partial charge in [0, 0.05) is 29.3 Å². The lowest BCUT2D eigenvalue weighted by Gasteiger charge is -2.27. The Balaban J connectivity index is 2.29. The first kappa shape index (κ1) is 14.7. The molecule has 1 aromatic carbocycles. The minimum Gasteiger partial charge on any atom is -0.368 e. The van der Waals surface area contributed by atoms with Crippen molar-refractivity contribution < 1.29 is 0 Å². The summed E-state index contributed by atoms with van der Waals surface area (Å²) in [6, 6.07) is 7.05. The zero-order valence-electron chi connectivity index (χ0n) is 12.2. The van der Waals surface area contributed by atoms with Crippen LogP contribution in [0.2, 0.25) is 5.02 Å². The second-order valence-electron chi connectivity index (χ2n) is 5.99. The van der Waals surface area contributed by atoms with Crippen LogP contribution in [-0.4, -0.2) is 18.6 Å². The molecule has 19 heavy (non-hydrogen) atoms. The molecule has 0 saturated carbocycles. The molecule has 2 nitrogen and oxygen atoms in total. The summed E-state index contributed by atoms with van der Waals surface area (Å²) in [5.74, 6) is 0.752. The van der Waals surface area contributed by atoms with Crippen LogP contribution in [0.15, 0.2) is 18.2 Å². The summed E-state index contributed by atoms with van der Waals surface area (Å²) < 4.78 is 0. The summed E-state index contributed by atoms with van der Waals surface area (Å²) in [6.07, 6.45) is 3.19. The van der Waals surface area contributed by atoms with E-state index in [1.165, 1.54) is 17.7 Å². The van der Waals surface area contributed by atoms with Crippen molar-refractivity contribution in [2.45, 2.75) is 52.1 Å². The monoisotopic (exact) mass is 280 g/mol. The van der Waals surface area contributed by atoms with Crippen LogP contribution < -0.4 is 10.6 Å². The molecule has 1 heterocycles. The summed E-state index contributed by atoms with van der Waals surface area (Å²) in [7, 11) is 0. The van der Waals surface area contributed by atoms with Gasteiger partial charge in [0.1, 0.15) is 0 Å². The Morgan fingerprint density at radius 2 is 2.16 bits per heavy atom. The van der Waals surface area contributed by atoms with Crippen LogP contribution in [0.4, 0.5) is 5.69 Å². The molecule has 1 saturated heterocycles. The number of hydrogen-bond acceptors (Lipinski definition) is 2. The van der Waals surface area contributed by atoms with Crippen LogP contribution in [0, 0.1) is 5.92 Å². The maximum absolute atomic E-state index is 6.19. The summed E-state index contributed by atoms with van der Waals surface area (Å²) in [6.45, 7) is 7.88. The molecule has 2 rings (SSSR count). The van der Waals surface area contributed by atoms with E-state index < -0.39 is 0 Å². The first-order valence-corrected chi connectivity index (χ1v) is 7.69. The number of nitrogens with two attached hydrogens (primary N) is 1. The van der Waals surface area contributed by atoms with Crippen molar-refractivity contribution in [1.29, 1.82) is 0 Å². The van der Waals surface area contributed by atoms with Crippen LogP contribution in [0.1, 0.15) is 39.2 Å². The van der Waals surface area contributed by atoms with Gasteiger partial charge in [0.25, 0.3) is 0 Å². The number of rotatable bonds is 4. The zero-order valence-corrected chi connectivity index (χ0v) is 13.0. The summed E-state index contributed by atoms with van der Waals surface area (Å²) >= 11 is 6.19. The van der Waals surface area contributed by atoms with Crippen LogP contribution >= 0.6 is 11.6 Å². The molecule has 2 N–H and O–H groups in total. The Hall–Kier alpha value is -0.730. The molecule has 1 aliphatic heterocycles. The van der Waals surface area contributed by atoms with Crippen molar-refractivity contribution in [2.75, 3.05) is 11.4 Å². The molecule has 3 atom stereocenters. The molecule has 0 aromatic heterocycles. The van der Waals surface area contributed by atoms with Crippen molar-refractivity contribution in [3.05, 3.63) is 28.8 Å². The van der Waals surface area contributed by atoms with E-state index in [0.29, 0.717) is 6.04 Å². The quantitative estimate of drug-likeness (QED) is 0.908. The van der Waals surface area contributed by atoms with E-state index in [4.69, 9.17) is 17.3 Å². The Morgan fingerprint density at radius 1 is 1.42 bits per heavy atom. The highest BCUT2D eigenvalue weighted by Gasteiger charge is 2.27. The predicted molar refractivity (Wildman–Crippen MR) is 84.0 cm³/mol. The van der Waals surface area contributed by atoms with Gasteiger partial charge >= 0.3 is 0 Å². The maximum atomic E-state index is 6.19. The number of benzene rings is 1. The Kier molecular flexibility index (Phi) is 4.75. The Labute approximate surface area is 121 Å². The van der Waals surface area contributed by atoms with Crippen LogP contribution in [0.5, 0.6) is 0 Å². The van der Waals surface area contributed by atoms with Gasteiger partial charge in [0.15, 0.2) is 0 Å². The predicted octanol–water partition coefficient (Wildman–Crippen LogP) is 3.85. The topological polar surface area (TPSA) is 29.3 Å². The van der Waals surface area contributed by atoms with E-state index in [1.54, 1.807) is 0 Å². The third-order valence-electron chi connectivity index (χ3n) is 4.15. The van der Waals surface area contributed by atoms with E-state index in [2.05, 4.69) is 37.8 Å². The van der Waals surface area contributed by atoms with Crippen LogP contribution in [-0.2, 0) is 6.42 Å². The Morgan fingerprint density at radius 3 is 2.74 bits per heavy atom. The van der Waals surface area contributed by atoms with Crippen molar-refractivity contribution >= 4 is 17.3 Å². The van der Waals surface area contributed by atoms with E-state index >= 15 is 0 Å². The van der Waals surface area contributed by atoms with E-state index in [9.17, 15) is 0 Å². The van der Waals surface area contributed by atoms with Gasteiger partial charge in [0.05, 0.1) is 0 Å². The smallest absolute Gasteiger partial charge is 0.0426 e. The number of hydrogen-bond donors (Lipinski definition) is 1. The fourth-order valence-corrected chi connectivity index (χ4v) is 3.21. The number of anilines is 1. The second kappa shape index (κ2) is 6.15. The molecule has 0 spiro atoms. The van der Waals surface area contributed by atoms with Gasteiger partial charge in [-0.25, -0.2) is 0 Å². The molecule has 0 radical (unpaired) electrons. The lowest BCUT2D eigenvalue weighted by atomic mass is 10.0. The van der Waals surface area contributed by atoms with Gasteiger partial charge in [-0.15, -0.1) is 0 Å². The van der Waals surface area contributed by atoms with Crippen molar-refractivity contribution in [3.8, 4) is 0 Å². The first-order chi connectivity index (χ1) is 9.01.